The molecule has 2 aromatic rings. The highest BCUT2D eigenvalue weighted by Gasteiger charge is 2.23. The summed E-state index contributed by atoms with van der Waals surface area (Å²) < 4.78 is 24.6. The number of halogens is 1. The molecule has 138 valence electrons. The molecule has 0 spiro atoms. The maximum absolute atomic E-state index is 12.2. The van der Waals surface area contributed by atoms with Crippen LogP contribution in [0.1, 0.15) is 10.4 Å². The number of amides is 1. The minimum Gasteiger partial charge on any atom is -0.369 e. The summed E-state index contributed by atoms with van der Waals surface area (Å²) in [5.41, 5.74) is 2.24. The van der Waals surface area contributed by atoms with E-state index in [4.69, 9.17) is 11.6 Å². The molecule has 26 heavy (non-hydrogen) atoms. The lowest BCUT2D eigenvalue weighted by atomic mass is 10.2. The third-order valence-electron chi connectivity index (χ3n) is 4.30. The molecule has 3 rings (SSSR count). The second kappa shape index (κ2) is 7.65. The highest BCUT2D eigenvalue weighted by Crippen LogP contribution is 2.21. The van der Waals surface area contributed by atoms with Crippen molar-refractivity contribution in [3.63, 3.8) is 0 Å². The molecule has 0 radical (unpaired) electrons. The molecule has 0 atom stereocenters. The summed E-state index contributed by atoms with van der Waals surface area (Å²) in [5, 5.41) is 3.43. The maximum Gasteiger partial charge on any atom is 0.255 e. The van der Waals surface area contributed by atoms with Crippen LogP contribution in [0, 0.1) is 0 Å². The Kier molecular flexibility index (Phi) is 5.50. The highest BCUT2D eigenvalue weighted by atomic mass is 35.5. The summed E-state index contributed by atoms with van der Waals surface area (Å²) in [6.45, 7) is 2.24. The van der Waals surface area contributed by atoms with Crippen molar-refractivity contribution in [1.82, 2.24) is 4.31 Å². The van der Waals surface area contributed by atoms with Crippen molar-refractivity contribution in [1.29, 1.82) is 0 Å². The van der Waals surface area contributed by atoms with Crippen LogP contribution in [-0.4, -0.2) is 51.1 Å². The van der Waals surface area contributed by atoms with Crippen LogP contribution in [0.3, 0.4) is 0 Å². The van der Waals surface area contributed by atoms with Gasteiger partial charge in [-0.25, -0.2) is 8.42 Å². The van der Waals surface area contributed by atoms with E-state index in [9.17, 15) is 13.2 Å². The maximum atomic E-state index is 12.2. The van der Waals surface area contributed by atoms with E-state index >= 15 is 0 Å². The minimum absolute atomic E-state index is 0.198. The van der Waals surface area contributed by atoms with Crippen molar-refractivity contribution < 1.29 is 13.2 Å². The summed E-state index contributed by atoms with van der Waals surface area (Å²) in [4.78, 5) is 14.3. The molecule has 1 amide bonds. The van der Waals surface area contributed by atoms with E-state index in [0.29, 0.717) is 42.5 Å². The van der Waals surface area contributed by atoms with Crippen molar-refractivity contribution >= 4 is 38.9 Å². The first-order valence-electron chi connectivity index (χ1n) is 8.20. The first-order chi connectivity index (χ1) is 12.3. The van der Waals surface area contributed by atoms with Crippen LogP contribution in [-0.2, 0) is 10.0 Å². The zero-order valence-corrected chi connectivity index (χ0v) is 15.9. The Morgan fingerprint density at radius 1 is 0.962 bits per heavy atom. The topological polar surface area (TPSA) is 69.7 Å². The molecule has 0 saturated carbocycles. The van der Waals surface area contributed by atoms with Gasteiger partial charge in [-0.1, -0.05) is 11.6 Å². The SMILES string of the molecule is CS(=O)(=O)N1CCN(c2ccc(NC(=O)c3ccc(Cl)cc3)cc2)CC1. The molecule has 1 N–H and O–H groups in total. The molecule has 0 unspecified atom stereocenters. The van der Waals surface area contributed by atoms with E-state index in [2.05, 4.69) is 10.2 Å². The molecule has 1 fully saturated rings. The van der Waals surface area contributed by atoms with Crippen molar-refractivity contribution in [2.75, 3.05) is 42.7 Å². The molecule has 1 heterocycles. The molecular formula is C18H20ClN3O3S. The third-order valence-corrected chi connectivity index (χ3v) is 5.86. The second-order valence-corrected chi connectivity index (χ2v) is 8.58. The van der Waals surface area contributed by atoms with E-state index in [1.807, 2.05) is 24.3 Å². The second-order valence-electron chi connectivity index (χ2n) is 6.16. The Hall–Kier alpha value is -2.09. The molecule has 0 bridgehead atoms. The summed E-state index contributed by atoms with van der Waals surface area (Å²) >= 11 is 5.83. The largest absolute Gasteiger partial charge is 0.369 e. The van der Waals surface area contributed by atoms with Crippen LogP contribution in [0.25, 0.3) is 0 Å². The molecule has 1 saturated heterocycles. The van der Waals surface area contributed by atoms with E-state index < -0.39 is 10.0 Å². The van der Waals surface area contributed by atoms with Crippen molar-refractivity contribution in [2.24, 2.45) is 0 Å². The number of piperazine rings is 1. The van der Waals surface area contributed by atoms with Gasteiger partial charge >= 0.3 is 0 Å². The summed E-state index contributed by atoms with van der Waals surface area (Å²) in [7, 11) is -3.13. The van der Waals surface area contributed by atoms with Gasteiger partial charge in [-0.2, -0.15) is 4.31 Å². The molecule has 6 nitrogen and oxygen atoms in total. The summed E-state index contributed by atoms with van der Waals surface area (Å²) in [6, 6.07) is 14.2. The quantitative estimate of drug-likeness (QED) is 0.867. The van der Waals surface area contributed by atoms with E-state index in [0.717, 1.165) is 5.69 Å². The van der Waals surface area contributed by atoms with E-state index in [-0.39, 0.29) is 5.91 Å². The van der Waals surface area contributed by atoms with Gasteiger partial charge in [0, 0.05) is 48.1 Å². The van der Waals surface area contributed by atoms with Gasteiger partial charge < -0.3 is 10.2 Å². The number of hydrogen-bond donors (Lipinski definition) is 1. The number of benzene rings is 2. The zero-order valence-electron chi connectivity index (χ0n) is 14.4. The summed E-state index contributed by atoms with van der Waals surface area (Å²) in [6.07, 6.45) is 1.24. The van der Waals surface area contributed by atoms with Crippen LogP contribution in [0.15, 0.2) is 48.5 Å². The lowest BCUT2D eigenvalue weighted by Gasteiger charge is -2.34. The van der Waals surface area contributed by atoms with Gasteiger partial charge in [0.2, 0.25) is 10.0 Å². The van der Waals surface area contributed by atoms with Gasteiger partial charge in [0.05, 0.1) is 6.26 Å². The Labute approximate surface area is 158 Å². The van der Waals surface area contributed by atoms with Gasteiger partial charge in [-0.05, 0) is 48.5 Å². The number of carbonyl (C=O) groups excluding carboxylic acids is 1. The Balaban J connectivity index is 1.60. The minimum atomic E-state index is -3.13. The Morgan fingerprint density at radius 2 is 1.54 bits per heavy atom. The fourth-order valence-corrected chi connectivity index (χ4v) is 3.79. The lowest BCUT2D eigenvalue weighted by Crippen LogP contribution is -2.48. The summed E-state index contributed by atoms with van der Waals surface area (Å²) in [5.74, 6) is -0.198. The van der Waals surface area contributed by atoms with Crippen LogP contribution in [0.4, 0.5) is 11.4 Å². The average molecular weight is 394 g/mol. The van der Waals surface area contributed by atoms with Gasteiger partial charge in [0.15, 0.2) is 0 Å². The number of sulfonamides is 1. The molecule has 0 aliphatic carbocycles. The molecule has 1 aliphatic heterocycles. The van der Waals surface area contributed by atoms with Crippen LogP contribution < -0.4 is 10.2 Å². The van der Waals surface area contributed by atoms with E-state index in [1.54, 1.807) is 24.3 Å². The number of nitrogens with zero attached hydrogens (tertiary/aromatic N) is 2. The predicted octanol–water partition coefficient (Wildman–Crippen LogP) is 2.67. The monoisotopic (exact) mass is 393 g/mol. The molecule has 8 heteroatoms. The Bertz CT molecular complexity index is 875. The third kappa shape index (κ3) is 4.55. The fourth-order valence-electron chi connectivity index (χ4n) is 2.84. The van der Waals surface area contributed by atoms with Crippen molar-refractivity contribution in [2.45, 2.75) is 0 Å². The van der Waals surface area contributed by atoms with Crippen LogP contribution in [0.2, 0.25) is 5.02 Å². The predicted molar refractivity (Wildman–Crippen MR) is 104 cm³/mol. The first kappa shape index (κ1) is 18.7. The average Bonchev–Trinajstić information content (AvgIpc) is 2.62. The van der Waals surface area contributed by atoms with Gasteiger partial charge in [0.25, 0.3) is 5.91 Å². The zero-order chi connectivity index (χ0) is 18.7. The molecular weight excluding hydrogens is 374 g/mol. The van der Waals surface area contributed by atoms with Gasteiger partial charge in [-0.15, -0.1) is 0 Å². The normalized spacial score (nSPS) is 15.7. The molecule has 2 aromatic carbocycles. The van der Waals surface area contributed by atoms with E-state index in [1.165, 1.54) is 10.6 Å². The standard InChI is InChI=1S/C18H20ClN3O3S/c1-26(24,25)22-12-10-21(11-13-22)17-8-6-16(7-9-17)20-18(23)14-2-4-15(19)5-3-14/h2-9H,10-13H2,1H3,(H,20,23). The van der Waals surface area contributed by atoms with Crippen molar-refractivity contribution in [3.8, 4) is 0 Å². The Morgan fingerprint density at radius 3 is 2.08 bits per heavy atom. The smallest absolute Gasteiger partial charge is 0.255 e. The molecule has 0 aromatic heterocycles. The van der Waals surface area contributed by atoms with Crippen LogP contribution in [0.5, 0.6) is 0 Å². The van der Waals surface area contributed by atoms with Crippen molar-refractivity contribution in [3.05, 3.63) is 59.1 Å². The number of anilines is 2. The van der Waals surface area contributed by atoms with Gasteiger partial charge in [0.1, 0.15) is 0 Å². The first-order valence-corrected chi connectivity index (χ1v) is 10.4. The van der Waals surface area contributed by atoms with Gasteiger partial charge in [-0.3, -0.25) is 4.79 Å². The van der Waals surface area contributed by atoms with Crippen LogP contribution >= 0.6 is 11.6 Å². The molecule has 1 aliphatic rings. The number of carbonyl (C=O) groups is 1. The fraction of sp³-hybridized carbons (Fsp3) is 0.278. The number of hydrogen-bond acceptors (Lipinski definition) is 4. The lowest BCUT2D eigenvalue weighted by molar-refractivity contribution is 0.102. The number of rotatable bonds is 4. The number of nitrogens with one attached hydrogen (secondary N) is 1. The highest BCUT2D eigenvalue weighted by molar-refractivity contribution is 7.88.